The Morgan fingerprint density at radius 3 is 2.44 bits per heavy atom. The first-order chi connectivity index (χ1) is 8.29. The molecule has 0 saturated heterocycles. The Labute approximate surface area is 110 Å². The molecule has 0 aromatic carbocycles. The van der Waals surface area contributed by atoms with E-state index in [2.05, 4.69) is 36.9 Å². The van der Waals surface area contributed by atoms with Gasteiger partial charge in [-0.25, -0.2) is 0 Å². The average molecular weight is 328 g/mol. The second kappa shape index (κ2) is 6.08. The van der Waals surface area contributed by atoms with Crippen LogP contribution in [0, 0.1) is 0 Å². The van der Waals surface area contributed by atoms with E-state index in [0.29, 0.717) is 0 Å². The zero-order valence-corrected chi connectivity index (χ0v) is 11.0. The van der Waals surface area contributed by atoms with Crippen molar-refractivity contribution in [1.82, 2.24) is 9.88 Å². The third-order valence-electron chi connectivity index (χ3n) is 2.11. The van der Waals surface area contributed by atoms with E-state index in [-0.39, 0.29) is 6.04 Å². The lowest BCUT2D eigenvalue weighted by atomic mass is 10.2. The van der Waals surface area contributed by atoms with Crippen LogP contribution in [0.1, 0.15) is 11.7 Å². The van der Waals surface area contributed by atoms with Gasteiger partial charge in [-0.2, -0.15) is 0 Å². The number of rotatable bonds is 1. The van der Waals surface area contributed by atoms with Crippen LogP contribution in [0.4, 0.5) is 17.3 Å². The van der Waals surface area contributed by atoms with Crippen LogP contribution in [0.15, 0.2) is 29.0 Å². The number of aryl methyl sites for hydroxylation is 1. The zero-order valence-electron chi connectivity index (χ0n) is 9.38. The maximum Gasteiger partial charge on any atom is 0.673 e. The van der Waals surface area contributed by atoms with Gasteiger partial charge in [0, 0.05) is 13.2 Å². The standard InChI is InChI=1S/C9H10BrN3.BF4/c1-13-4-2-3-8(13)9-7(10)5-11-6-12-9;2-1(3,4)5/h2-6,9H,1H3,(H,11,12);/q;-1/p+1. The van der Waals surface area contributed by atoms with E-state index in [1.807, 2.05) is 31.8 Å². The summed E-state index contributed by atoms with van der Waals surface area (Å²) < 4.78 is 42.2. The molecule has 0 aliphatic carbocycles. The largest absolute Gasteiger partial charge is 0.673 e. The Morgan fingerprint density at radius 1 is 1.39 bits per heavy atom. The number of halogens is 5. The van der Waals surface area contributed by atoms with Crippen LogP contribution in [0.25, 0.3) is 0 Å². The van der Waals surface area contributed by atoms with Crippen molar-refractivity contribution in [2.75, 3.05) is 0 Å². The lowest BCUT2D eigenvalue weighted by Crippen LogP contribution is -2.74. The fourth-order valence-corrected chi connectivity index (χ4v) is 1.92. The third kappa shape index (κ3) is 4.95. The summed E-state index contributed by atoms with van der Waals surface area (Å²) in [5.74, 6) is 0. The minimum absolute atomic E-state index is 0.223. The van der Waals surface area contributed by atoms with Crippen LogP contribution in [0.3, 0.4) is 0 Å². The number of nitrogens with one attached hydrogen (secondary N) is 2. The molecular weight excluding hydrogens is 317 g/mol. The Kier molecular flexibility index (Phi) is 5.00. The van der Waals surface area contributed by atoms with Crippen molar-refractivity contribution in [2.24, 2.45) is 7.05 Å². The van der Waals surface area contributed by atoms with Crippen LogP contribution in [0.5, 0.6) is 0 Å². The molecule has 2 heterocycles. The summed E-state index contributed by atoms with van der Waals surface area (Å²) in [7, 11) is -3.96. The van der Waals surface area contributed by atoms with E-state index < -0.39 is 7.25 Å². The molecule has 2 rings (SSSR count). The number of nitrogens with zero attached hydrogens (tertiary/aromatic N) is 1. The van der Waals surface area contributed by atoms with Crippen LogP contribution < -0.4 is 10.3 Å². The smallest absolute Gasteiger partial charge is 0.418 e. The van der Waals surface area contributed by atoms with Gasteiger partial charge in [-0.15, -0.1) is 0 Å². The summed E-state index contributed by atoms with van der Waals surface area (Å²) in [5, 5.41) is 2.99. The second-order valence-electron chi connectivity index (χ2n) is 3.48. The molecule has 0 spiro atoms. The molecular formula is C9H11BBrF4N3. The Balaban J connectivity index is 0.000000280. The monoisotopic (exact) mass is 327 g/mol. The lowest BCUT2D eigenvalue weighted by molar-refractivity contribution is -0.495. The van der Waals surface area contributed by atoms with Gasteiger partial charge in [0.1, 0.15) is 6.20 Å². The predicted molar refractivity (Wildman–Crippen MR) is 65.5 cm³/mol. The molecule has 0 bridgehead atoms. The van der Waals surface area contributed by atoms with Gasteiger partial charge in [-0.3, -0.25) is 10.3 Å². The fraction of sp³-hybridized carbons (Fsp3) is 0.222. The summed E-state index contributed by atoms with van der Waals surface area (Å²) in [4.78, 5) is 3.24. The Bertz CT molecular complexity index is 449. The summed E-state index contributed by atoms with van der Waals surface area (Å²) in [5.41, 5.74) is 1.24. The predicted octanol–water partition coefficient (Wildman–Crippen LogP) is 1.31. The van der Waals surface area contributed by atoms with Crippen LogP contribution in [-0.2, 0) is 7.05 Å². The van der Waals surface area contributed by atoms with E-state index >= 15 is 0 Å². The van der Waals surface area contributed by atoms with Crippen molar-refractivity contribution < 1.29 is 22.3 Å². The Morgan fingerprint density at radius 2 is 2.00 bits per heavy atom. The first kappa shape index (κ1) is 14.8. The molecule has 9 heteroatoms. The van der Waals surface area contributed by atoms with E-state index in [1.165, 1.54) is 5.69 Å². The van der Waals surface area contributed by atoms with Crippen molar-refractivity contribution >= 4 is 29.5 Å². The van der Waals surface area contributed by atoms with E-state index in [4.69, 9.17) is 0 Å². The molecule has 0 saturated carbocycles. The summed E-state index contributed by atoms with van der Waals surface area (Å²) in [6.45, 7) is 0. The van der Waals surface area contributed by atoms with Gasteiger partial charge in [-0.1, -0.05) is 0 Å². The van der Waals surface area contributed by atoms with Crippen molar-refractivity contribution in [3.63, 3.8) is 0 Å². The molecule has 0 amide bonds. The van der Waals surface area contributed by atoms with E-state index in [9.17, 15) is 17.3 Å². The number of aromatic nitrogens is 1. The first-order valence-corrected chi connectivity index (χ1v) is 5.76. The molecule has 0 radical (unpaired) electrons. The molecule has 3 nitrogen and oxygen atoms in total. The molecule has 1 unspecified atom stereocenters. The maximum absolute atomic E-state index is 9.75. The minimum atomic E-state index is -6.00. The summed E-state index contributed by atoms with van der Waals surface area (Å²) in [6, 6.07) is 4.37. The molecule has 18 heavy (non-hydrogen) atoms. The van der Waals surface area contributed by atoms with Gasteiger partial charge < -0.3 is 21.8 Å². The molecule has 0 fully saturated rings. The zero-order chi connectivity index (χ0) is 13.8. The van der Waals surface area contributed by atoms with Crippen molar-refractivity contribution in [2.45, 2.75) is 6.04 Å². The fourth-order valence-electron chi connectivity index (χ4n) is 1.42. The molecule has 1 aliphatic heterocycles. The highest BCUT2D eigenvalue weighted by Crippen LogP contribution is 2.22. The SMILES string of the molecule is Cn1cccc1C1[NH+]=CNC=C1Br.F[B-](F)(F)F. The first-order valence-electron chi connectivity index (χ1n) is 4.97. The molecule has 100 valence electrons. The molecule has 2 N–H and O–H groups in total. The number of hydrogen-bond donors (Lipinski definition) is 2. The lowest BCUT2D eigenvalue weighted by Gasteiger charge is -2.12. The average Bonchev–Trinajstić information content (AvgIpc) is 2.63. The third-order valence-corrected chi connectivity index (χ3v) is 2.80. The second-order valence-corrected chi connectivity index (χ2v) is 4.39. The van der Waals surface area contributed by atoms with Crippen LogP contribution >= 0.6 is 15.9 Å². The van der Waals surface area contributed by atoms with E-state index in [0.717, 1.165) is 4.48 Å². The van der Waals surface area contributed by atoms with Crippen molar-refractivity contribution in [1.29, 1.82) is 0 Å². The minimum Gasteiger partial charge on any atom is -0.418 e. The van der Waals surface area contributed by atoms with Crippen LogP contribution in [-0.4, -0.2) is 18.2 Å². The highest BCUT2D eigenvalue weighted by atomic mass is 79.9. The normalized spacial score (nSPS) is 18.6. The van der Waals surface area contributed by atoms with Gasteiger partial charge in [0.25, 0.3) is 0 Å². The van der Waals surface area contributed by atoms with Gasteiger partial charge in [0.05, 0.1) is 10.2 Å². The molecule has 1 aromatic rings. The van der Waals surface area contributed by atoms with Gasteiger partial charge >= 0.3 is 7.25 Å². The Hall–Kier alpha value is -1.25. The molecule has 1 atom stereocenters. The topological polar surface area (TPSA) is 30.9 Å². The molecule has 1 aliphatic rings. The van der Waals surface area contributed by atoms with Gasteiger partial charge in [0.15, 0.2) is 6.04 Å². The van der Waals surface area contributed by atoms with Crippen LogP contribution in [0.2, 0.25) is 0 Å². The van der Waals surface area contributed by atoms with Crippen molar-refractivity contribution in [3.8, 4) is 0 Å². The van der Waals surface area contributed by atoms with Crippen molar-refractivity contribution in [3.05, 3.63) is 34.7 Å². The van der Waals surface area contributed by atoms with E-state index in [1.54, 1.807) is 0 Å². The van der Waals surface area contributed by atoms with Gasteiger partial charge in [0.2, 0.25) is 6.34 Å². The summed E-state index contributed by atoms with van der Waals surface area (Å²) in [6.07, 6.45) is 5.82. The van der Waals surface area contributed by atoms with Gasteiger partial charge in [-0.05, 0) is 28.1 Å². The molecule has 1 aromatic heterocycles. The summed E-state index contributed by atoms with van der Waals surface area (Å²) >= 11 is 3.51. The maximum atomic E-state index is 9.75. The highest BCUT2D eigenvalue weighted by molar-refractivity contribution is 9.11. The highest BCUT2D eigenvalue weighted by Gasteiger charge is 2.21. The quantitative estimate of drug-likeness (QED) is 0.591. The number of hydrogen-bond acceptors (Lipinski definition) is 1.